The summed E-state index contributed by atoms with van der Waals surface area (Å²) in [5, 5.41) is 27.3. The zero-order valence-corrected chi connectivity index (χ0v) is 17.1. The highest BCUT2D eigenvalue weighted by Gasteiger charge is 2.20. The van der Waals surface area contributed by atoms with Crippen LogP contribution in [0.15, 0.2) is 53.5 Å². The summed E-state index contributed by atoms with van der Waals surface area (Å²) in [6, 6.07) is 14.5. The minimum absolute atomic E-state index is 0.0750. The fourth-order valence-corrected chi connectivity index (χ4v) is 3.39. The number of rotatable bonds is 7. The number of nitro groups is 1. The molecule has 1 aliphatic carbocycles. The van der Waals surface area contributed by atoms with Gasteiger partial charge in [-0.05, 0) is 48.9 Å². The number of hydrogen-bond acceptors (Lipinski definition) is 5. The van der Waals surface area contributed by atoms with Crippen molar-refractivity contribution >= 4 is 11.6 Å². The Labute approximate surface area is 176 Å². The van der Waals surface area contributed by atoms with Crippen LogP contribution in [0.2, 0.25) is 0 Å². The van der Waals surface area contributed by atoms with Crippen molar-refractivity contribution in [1.29, 1.82) is 0 Å². The molecule has 2 aromatic carbocycles. The van der Waals surface area contributed by atoms with Gasteiger partial charge >= 0.3 is 0 Å². The minimum atomic E-state index is -0.405. The summed E-state index contributed by atoms with van der Waals surface area (Å²) < 4.78 is 5.19. The molecule has 160 valence electrons. The first-order chi connectivity index (χ1) is 14.5. The Balaban J connectivity index is 1.65. The molecule has 8 heteroatoms. The van der Waals surface area contributed by atoms with E-state index in [1.807, 2.05) is 24.3 Å². The van der Waals surface area contributed by atoms with E-state index in [1.165, 1.54) is 12.1 Å². The van der Waals surface area contributed by atoms with Crippen molar-refractivity contribution in [3.8, 4) is 5.75 Å². The van der Waals surface area contributed by atoms with Crippen LogP contribution in [0.5, 0.6) is 5.75 Å². The maximum Gasteiger partial charge on any atom is 0.269 e. The number of non-ortho nitro benzene ring substituents is 1. The van der Waals surface area contributed by atoms with E-state index in [9.17, 15) is 15.2 Å². The average molecular weight is 412 g/mol. The number of nitro benzene ring substituents is 1. The van der Waals surface area contributed by atoms with E-state index in [0.717, 1.165) is 42.6 Å². The molecule has 8 nitrogen and oxygen atoms in total. The Morgan fingerprint density at radius 2 is 1.73 bits per heavy atom. The highest BCUT2D eigenvalue weighted by atomic mass is 16.6. The first-order valence-electron chi connectivity index (χ1n) is 10.1. The highest BCUT2D eigenvalue weighted by molar-refractivity contribution is 5.80. The lowest BCUT2D eigenvalue weighted by Gasteiger charge is -2.27. The average Bonchev–Trinajstić information content (AvgIpc) is 2.77. The van der Waals surface area contributed by atoms with Gasteiger partial charge in [-0.25, -0.2) is 4.99 Å². The molecule has 0 amide bonds. The normalized spacial score (nSPS) is 19.2. The number of methoxy groups -OCH3 is 1. The van der Waals surface area contributed by atoms with Crippen LogP contribution in [0.1, 0.15) is 36.8 Å². The first kappa shape index (κ1) is 21.6. The standard InChI is InChI=1S/C22H28N4O4/c1-30-21-12-4-17(5-13-21)15-24-22(25-18-6-10-20(27)11-7-18)23-14-16-2-8-19(9-3-16)26(28)29/h2-5,8-9,12-13,18,20,27H,6-7,10-11,14-15H2,1H3,(H2,23,24,25). The molecular weight excluding hydrogens is 384 g/mol. The lowest BCUT2D eigenvalue weighted by atomic mass is 9.93. The minimum Gasteiger partial charge on any atom is -0.497 e. The van der Waals surface area contributed by atoms with Crippen LogP contribution < -0.4 is 15.4 Å². The van der Waals surface area contributed by atoms with Crippen LogP contribution in [0.4, 0.5) is 5.69 Å². The number of aliphatic imine (C=N–C) groups is 1. The Hall–Kier alpha value is -3.13. The van der Waals surface area contributed by atoms with E-state index < -0.39 is 4.92 Å². The van der Waals surface area contributed by atoms with Crippen molar-refractivity contribution < 1.29 is 14.8 Å². The third-order valence-electron chi connectivity index (χ3n) is 5.22. The summed E-state index contributed by atoms with van der Waals surface area (Å²) in [4.78, 5) is 15.1. The lowest BCUT2D eigenvalue weighted by Crippen LogP contribution is -2.45. The molecule has 3 rings (SSSR count). The van der Waals surface area contributed by atoms with Gasteiger partial charge in [0.25, 0.3) is 5.69 Å². The predicted octanol–water partition coefficient (Wildman–Crippen LogP) is 3.14. The molecule has 2 aromatic rings. The SMILES string of the molecule is COc1ccc(CN=C(NCc2ccc([N+](=O)[O-])cc2)NC2CCC(O)CC2)cc1. The fraction of sp³-hybridized carbons (Fsp3) is 0.409. The second kappa shape index (κ2) is 10.6. The lowest BCUT2D eigenvalue weighted by molar-refractivity contribution is -0.384. The van der Waals surface area contributed by atoms with Crippen molar-refractivity contribution in [2.75, 3.05) is 7.11 Å². The molecule has 0 saturated heterocycles. The molecule has 0 aromatic heterocycles. The molecule has 0 bridgehead atoms. The van der Waals surface area contributed by atoms with Crippen LogP contribution >= 0.6 is 0 Å². The molecular formula is C22H28N4O4. The Morgan fingerprint density at radius 1 is 1.10 bits per heavy atom. The summed E-state index contributed by atoms with van der Waals surface area (Å²) in [5.41, 5.74) is 2.07. The van der Waals surface area contributed by atoms with Gasteiger partial charge in [0, 0.05) is 24.7 Å². The molecule has 0 unspecified atom stereocenters. The molecule has 0 aliphatic heterocycles. The third-order valence-corrected chi connectivity index (χ3v) is 5.22. The van der Waals surface area contributed by atoms with Crippen LogP contribution in [0.3, 0.4) is 0 Å². The smallest absolute Gasteiger partial charge is 0.269 e. The molecule has 0 atom stereocenters. The molecule has 3 N–H and O–H groups in total. The topological polar surface area (TPSA) is 109 Å². The van der Waals surface area contributed by atoms with Gasteiger partial charge < -0.3 is 20.5 Å². The number of nitrogens with one attached hydrogen (secondary N) is 2. The van der Waals surface area contributed by atoms with E-state index in [0.29, 0.717) is 19.0 Å². The number of aliphatic hydroxyl groups is 1. The molecule has 0 heterocycles. The van der Waals surface area contributed by atoms with Crippen LogP contribution in [-0.4, -0.2) is 35.2 Å². The monoisotopic (exact) mass is 412 g/mol. The maximum absolute atomic E-state index is 10.8. The number of nitrogens with zero attached hydrogens (tertiary/aromatic N) is 2. The van der Waals surface area contributed by atoms with Crippen molar-refractivity contribution in [3.05, 3.63) is 69.8 Å². The zero-order valence-electron chi connectivity index (χ0n) is 17.1. The largest absolute Gasteiger partial charge is 0.497 e. The van der Waals surface area contributed by atoms with Gasteiger partial charge in [0.2, 0.25) is 0 Å². The molecule has 0 radical (unpaired) electrons. The van der Waals surface area contributed by atoms with Gasteiger partial charge in [0.05, 0.1) is 24.7 Å². The molecule has 30 heavy (non-hydrogen) atoms. The van der Waals surface area contributed by atoms with E-state index >= 15 is 0 Å². The fourth-order valence-electron chi connectivity index (χ4n) is 3.39. The van der Waals surface area contributed by atoms with E-state index in [-0.39, 0.29) is 17.8 Å². The van der Waals surface area contributed by atoms with E-state index in [2.05, 4.69) is 10.6 Å². The van der Waals surface area contributed by atoms with Gasteiger partial charge in [0.1, 0.15) is 5.75 Å². The van der Waals surface area contributed by atoms with Gasteiger partial charge in [-0.1, -0.05) is 24.3 Å². The number of benzene rings is 2. The van der Waals surface area contributed by atoms with Crippen molar-refractivity contribution in [1.82, 2.24) is 10.6 Å². The number of hydrogen-bond donors (Lipinski definition) is 3. The Bertz CT molecular complexity index is 844. The van der Waals surface area contributed by atoms with Crippen LogP contribution in [0, 0.1) is 10.1 Å². The first-order valence-corrected chi connectivity index (χ1v) is 10.1. The van der Waals surface area contributed by atoms with Crippen molar-refractivity contribution in [2.45, 2.75) is 50.9 Å². The molecule has 0 spiro atoms. The second-order valence-electron chi connectivity index (χ2n) is 7.44. The Morgan fingerprint density at radius 3 is 2.33 bits per heavy atom. The van der Waals surface area contributed by atoms with Gasteiger partial charge in [0.15, 0.2) is 5.96 Å². The van der Waals surface area contributed by atoms with E-state index in [4.69, 9.17) is 9.73 Å². The molecule has 1 saturated carbocycles. The van der Waals surface area contributed by atoms with Crippen LogP contribution in [-0.2, 0) is 13.1 Å². The summed E-state index contributed by atoms with van der Waals surface area (Å²) in [7, 11) is 1.64. The summed E-state index contributed by atoms with van der Waals surface area (Å²) in [6.07, 6.45) is 3.14. The molecule has 1 aliphatic rings. The van der Waals surface area contributed by atoms with E-state index in [1.54, 1.807) is 19.2 Å². The maximum atomic E-state index is 10.8. The highest BCUT2D eigenvalue weighted by Crippen LogP contribution is 2.18. The summed E-state index contributed by atoms with van der Waals surface area (Å²) in [5.74, 6) is 1.49. The predicted molar refractivity (Wildman–Crippen MR) is 115 cm³/mol. The number of ether oxygens (including phenoxy) is 1. The Kier molecular flexibility index (Phi) is 7.62. The van der Waals surface area contributed by atoms with Crippen molar-refractivity contribution in [3.63, 3.8) is 0 Å². The van der Waals surface area contributed by atoms with Crippen LogP contribution in [0.25, 0.3) is 0 Å². The second-order valence-corrected chi connectivity index (χ2v) is 7.44. The van der Waals surface area contributed by atoms with Gasteiger partial charge in [-0.2, -0.15) is 0 Å². The zero-order chi connectivity index (χ0) is 21.3. The summed E-state index contributed by atoms with van der Waals surface area (Å²) >= 11 is 0. The number of aliphatic hydroxyl groups excluding tert-OH is 1. The third kappa shape index (κ3) is 6.45. The van der Waals surface area contributed by atoms with Crippen molar-refractivity contribution in [2.24, 2.45) is 4.99 Å². The van der Waals surface area contributed by atoms with Gasteiger partial charge in [-0.3, -0.25) is 10.1 Å². The molecule has 1 fully saturated rings. The number of guanidine groups is 1. The summed E-state index contributed by atoms with van der Waals surface area (Å²) in [6.45, 7) is 1.01. The van der Waals surface area contributed by atoms with Gasteiger partial charge in [-0.15, -0.1) is 0 Å². The quantitative estimate of drug-likeness (QED) is 0.279.